The number of aromatic nitrogens is 2. The van der Waals surface area contributed by atoms with Crippen molar-refractivity contribution >= 4 is 11.9 Å². The van der Waals surface area contributed by atoms with E-state index in [2.05, 4.69) is 10.3 Å². The van der Waals surface area contributed by atoms with Crippen LogP contribution in [0.25, 0.3) is 0 Å². The molecule has 1 aromatic rings. The lowest BCUT2D eigenvalue weighted by Gasteiger charge is -2.33. The SMILES string of the molecule is Cn1cnc(C(=O)NC2(C(=O)O)CCCCC2)c1. The van der Waals surface area contributed by atoms with Gasteiger partial charge in [0.15, 0.2) is 0 Å². The largest absolute Gasteiger partial charge is 0.480 e. The fraction of sp³-hybridized carbons (Fsp3) is 0.583. The van der Waals surface area contributed by atoms with Crippen molar-refractivity contribution in [3.63, 3.8) is 0 Å². The average Bonchev–Trinajstić information content (AvgIpc) is 2.77. The van der Waals surface area contributed by atoms with Gasteiger partial charge in [-0.25, -0.2) is 9.78 Å². The number of rotatable bonds is 3. The van der Waals surface area contributed by atoms with E-state index in [1.807, 2.05) is 0 Å². The molecular weight excluding hydrogens is 234 g/mol. The average molecular weight is 251 g/mol. The summed E-state index contributed by atoms with van der Waals surface area (Å²) in [7, 11) is 1.76. The number of aryl methyl sites for hydroxylation is 1. The molecule has 2 rings (SSSR count). The molecule has 0 atom stereocenters. The summed E-state index contributed by atoms with van der Waals surface area (Å²) in [4.78, 5) is 27.3. The summed E-state index contributed by atoms with van der Waals surface area (Å²) in [5.41, 5.74) is -0.865. The summed E-state index contributed by atoms with van der Waals surface area (Å²) in [6.07, 6.45) is 6.75. The van der Waals surface area contributed by atoms with Crippen LogP contribution in [0.2, 0.25) is 0 Å². The fourth-order valence-electron chi connectivity index (χ4n) is 2.36. The van der Waals surface area contributed by atoms with Gasteiger partial charge in [0.25, 0.3) is 5.91 Å². The molecule has 6 nitrogen and oxygen atoms in total. The molecule has 1 saturated carbocycles. The molecule has 0 aliphatic heterocycles. The van der Waals surface area contributed by atoms with Crippen LogP contribution in [0.5, 0.6) is 0 Å². The Morgan fingerprint density at radius 1 is 1.39 bits per heavy atom. The number of hydrogen-bond donors (Lipinski definition) is 2. The van der Waals surface area contributed by atoms with Crippen LogP contribution in [0, 0.1) is 0 Å². The summed E-state index contributed by atoms with van der Waals surface area (Å²) in [6.45, 7) is 0. The molecule has 0 unspecified atom stereocenters. The van der Waals surface area contributed by atoms with E-state index in [0.29, 0.717) is 12.8 Å². The predicted molar refractivity (Wildman–Crippen MR) is 64.1 cm³/mol. The lowest BCUT2D eigenvalue weighted by atomic mass is 9.81. The number of aliphatic carboxylic acids is 1. The van der Waals surface area contributed by atoms with Crippen LogP contribution in [0.15, 0.2) is 12.5 Å². The van der Waals surface area contributed by atoms with Gasteiger partial charge < -0.3 is 15.0 Å². The maximum atomic E-state index is 12.0. The van der Waals surface area contributed by atoms with Gasteiger partial charge in [-0.1, -0.05) is 19.3 Å². The summed E-state index contributed by atoms with van der Waals surface area (Å²) in [5.74, 6) is -1.37. The highest BCUT2D eigenvalue weighted by molar-refractivity contribution is 5.96. The van der Waals surface area contributed by atoms with Crippen LogP contribution in [-0.2, 0) is 11.8 Å². The molecule has 1 aromatic heterocycles. The zero-order chi connectivity index (χ0) is 13.2. The summed E-state index contributed by atoms with van der Waals surface area (Å²) in [5, 5.41) is 12.0. The second-order valence-electron chi connectivity index (χ2n) is 4.83. The second-order valence-corrected chi connectivity index (χ2v) is 4.83. The zero-order valence-electron chi connectivity index (χ0n) is 10.3. The number of nitrogens with one attached hydrogen (secondary N) is 1. The quantitative estimate of drug-likeness (QED) is 0.837. The lowest BCUT2D eigenvalue weighted by molar-refractivity contribution is -0.145. The maximum Gasteiger partial charge on any atom is 0.329 e. The minimum Gasteiger partial charge on any atom is -0.480 e. The number of carboxylic acid groups (broad SMARTS) is 1. The van der Waals surface area contributed by atoms with Gasteiger partial charge >= 0.3 is 5.97 Å². The van der Waals surface area contributed by atoms with E-state index in [0.717, 1.165) is 19.3 Å². The number of imidazole rings is 1. The van der Waals surface area contributed by atoms with E-state index in [1.165, 1.54) is 6.33 Å². The molecule has 1 fully saturated rings. The fourth-order valence-corrected chi connectivity index (χ4v) is 2.36. The van der Waals surface area contributed by atoms with Gasteiger partial charge in [-0.2, -0.15) is 0 Å². The van der Waals surface area contributed by atoms with Gasteiger partial charge in [-0.3, -0.25) is 4.79 Å². The van der Waals surface area contributed by atoms with Crippen LogP contribution >= 0.6 is 0 Å². The Morgan fingerprint density at radius 3 is 2.56 bits per heavy atom. The standard InChI is InChI=1S/C12H17N3O3/c1-15-7-9(13-8-15)10(16)14-12(11(17)18)5-3-2-4-6-12/h7-8H,2-6H2,1H3,(H,14,16)(H,17,18). The molecule has 0 spiro atoms. The summed E-state index contributed by atoms with van der Waals surface area (Å²) >= 11 is 0. The van der Waals surface area contributed by atoms with Crippen molar-refractivity contribution in [1.82, 2.24) is 14.9 Å². The Bertz CT molecular complexity index is 461. The molecular formula is C12H17N3O3. The van der Waals surface area contributed by atoms with Crippen LogP contribution in [0.1, 0.15) is 42.6 Å². The number of carboxylic acids is 1. The van der Waals surface area contributed by atoms with Crippen LogP contribution < -0.4 is 5.32 Å². The highest BCUT2D eigenvalue weighted by Crippen LogP contribution is 2.28. The van der Waals surface area contributed by atoms with E-state index in [4.69, 9.17) is 0 Å². The maximum absolute atomic E-state index is 12.0. The smallest absolute Gasteiger partial charge is 0.329 e. The van der Waals surface area contributed by atoms with Crippen molar-refractivity contribution in [2.24, 2.45) is 7.05 Å². The Kier molecular flexibility index (Phi) is 3.36. The third kappa shape index (κ3) is 2.37. The first-order valence-corrected chi connectivity index (χ1v) is 6.07. The molecule has 0 radical (unpaired) electrons. The van der Waals surface area contributed by atoms with Crippen molar-refractivity contribution in [2.75, 3.05) is 0 Å². The van der Waals surface area contributed by atoms with Crippen molar-refractivity contribution in [3.8, 4) is 0 Å². The van der Waals surface area contributed by atoms with Crippen LogP contribution in [0.3, 0.4) is 0 Å². The molecule has 18 heavy (non-hydrogen) atoms. The number of hydrogen-bond acceptors (Lipinski definition) is 3. The normalized spacial score (nSPS) is 18.3. The van der Waals surface area contributed by atoms with Gasteiger partial charge in [0, 0.05) is 13.2 Å². The van der Waals surface area contributed by atoms with E-state index < -0.39 is 17.4 Å². The number of amides is 1. The van der Waals surface area contributed by atoms with Crippen molar-refractivity contribution < 1.29 is 14.7 Å². The minimum absolute atomic E-state index is 0.253. The second kappa shape index (κ2) is 4.80. The summed E-state index contributed by atoms with van der Waals surface area (Å²) < 4.78 is 1.66. The molecule has 1 aliphatic rings. The topological polar surface area (TPSA) is 84.2 Å². The Hall–Kier alpha value is -1.85. The van der Waals surface area contributed by atoms with Crippen molar-refractivity contribution in [1.29, 1.82) is 0 Å². The van der Waals surface area contributed by atoms with Gasteiger partial charge in [-0.05, 0) is 12.8 Å². The summed E-state index contributed by atoms with van der Waals surface area (Å²) in [6, 6.07) is 0. The zero-order valence-corrected chi connectivity index (χ0v) is 10.3. The molecule has 1 amide bonds. The molecule has 1 aliphatic carbocycles. The predicted octanol–water partition coefficient (Wildman–Crippen LogP) is 0.937. The monoisotopic (exact) mass is 251 g/mol. The molecule has 0 bridgehead atoms. The third-order valence-corrected chi connectivity index (χ3v) is 3.41. The highest BCUT2D eigenvalue weighted by atomic mass is 16.4. The van der Waals surface area contributed by atoms with Gasteiger partial charge in [-0.15, -0.1) is 0 Å². The van der Waals surface area contributed by atoms with E-state index in [1.54, 1.807) is 17.8 Å². The third-order valence-electron chi connectivity index (χ3n) is 3.41. The Morgan fingerprint density at radius 2 is 2.06 bits per heavy atom. The first kappa shape index (κ1) is 12.6. The molecule has 1 heterocycles. The van der Waals surface area contributed by atoms with Crippen molar-refractivity contribution in [2.45, 2.75) is 37.6 Å². The number of carbonyl (C=O) groups is 2. The number of nitrogens with zero attached hydrogens (tertiary/aromatic N) is 2. The molecule has 0 saturated heterocycles. The lowest BCUT2D eigenvalue weighted by Crippen LogP contribution is -2.55. The van der Waals surface area contributed by atoms with E-state index in [-0.39, 0.29) is 5.69 Å². The number of carbonyl (C=O) groups excluding carboxylic acids is 1. The van der Waals surface area contributed by atoms with Crippen molar-refractivity contribution in [3.05, 3.63) is 18.2 Å². The highest BCUT2D eigenvalue weighted by Gasteiger charge is 2.41. The molecule has 0 aromatic carbocycles. The molecule has 2 N–H and O–H groups in total. The van der Waals surface area contributed by atoms with Gasteiger partial charge in [0.05, 0.1) is 6.33 Å². The minimum atomic E-state index is -1.12. The van der Waals surface area contributed by atoms with Crippen LogP contribution in [0.4, 0.5) is 0 Å². The Balaban J connectivity index is 2.14. The molecule has 98 valence electrons. The van der Waals surface area contributed by atoms with Gasteiger partial charge in [0.1, 0.15) is 11.2 Å². The first-order valence-electron chi connectivity index (χ1n) is 6.07. The van der Waals surface area contributed by atoms with E-state index in [9.17, 15) is 14.7 Å². The van der Waals surface area contributed by atoms with Crippen LogP contribution in [-0.4, -0.2) is 32.1 Å². The van der Waals surface area contributed by atoms with Gasteiger partial charge in [0.2, 0.25) is 0 Å². The Labute approximate surface area is 105 Å². The van der Waals surface area contributed by atoms with E-state index >= 15 is 0 Å². The first-order chi connectivity index (χ1) is 8.53. The molecule has 6 heteroatoms.